The number of amides is 1. The van der Waals surface area contributed by atoms with E-state index in [0.29, 0.717) is 34.2 Å². The van der Waals surface area contributed by atoms with Crippen molar-refractivity contribution >= 4 is 40.3 Å². The van der Waals surface area contributed by atoms with Crippen LogP contribution in [0.3, 0.4) is 0 Å². The number of hydrogen-bond donors (Lipinski definition) is 3. The lowest BCUT2D eigenvalue weighted by Crippen LogP contribution is -2.47. The van der Waals surface area contributed by atoms with Gasteiger partial charge in [-0.3, -0.25) is 14.7 Å². The van der Waals surface area contributed by atoms with E-state index in [1.54, 1.807) is 43.3 Å². The molecule has 2 aromatic carbocycles. The van der Waals surface area contributed by atoms with Crippen LogP contribution in [0.2, 0.25) is 5.02 Å². The average Bonchev–Trinajstić information content (AvgIpc) is 2.82. The molecule has 1 heterocycles. The van der Waals surface area contributed by atoms with Crippen LogP contribution in [0.15, 0.2) is 59.2 Å². The van der Waals surface area contributed by atoms with Crippen LogP contribution in [0.1, 0.15) is 12.5 Å². The predicted octanol–water partition coefficient (Wildman–Crippen LogP) is 2.90. The number of nitrogens with two attached hydrogens (primary N) is 1. The summed E-state index contributed by atoms with van der Waals surface area (Å²) in [5, 5.41) is 22.1. The molecule has 33 heavy (non-hydrogen) atoms. The number of rotatable bonds is 7. The van der Waals surface area contributed by atoms with Gasteiger partial charge >= 0.3 is 0 Å². The summed E-state index contributed by atoms with van der Waals surface area (Å²) in [7, 11) is 0. The van der Waals surface area contributed by atoms with Gasteiger partial charge in [0.25, 0.3) is 5.91 Å². The number of anilines is 2. The molecule has 1 aliphatic heterocycles. The van der Waals surface area contributed by atoms with Gasteiger partial charge in [0.2, 0.25) is 0 Å². The van der Waals surface area contributed by atoms with Crippen LogP contribution < -0.4 is 16.0 Å². The largest absolute Gasteiger partial charge is 0.404 e. The molecule has 0 aromatic heterocycles. The SMILES string of the molecule is CC(=Nc1ccccc1Cl)C(=CN)C(=O)Nc1ccc(N2CCN(CCO)CC2)c(C#N)c1. The number of piperazine rings is 1. The highest BCUT2D eigenvalue weighted by Gasteiger charge is 2.20. The highest BCUT2D eigenvalue weighted by atomic mass is 35.5. The first-order chi connectivity index (χ1) is 16.0. The Morgan fingerprint density at radius 1 is 1.27 bits per heavy atom. The van der Waals surface area contributed by atoms with E-state index in [0.717, 1.165) is 31.9 Å². The van der Waals surface area contributed by atoms with Crippen LogP contribution in [0.25, 0.3) is 0 Å². The van der Waals surface area contributed by atoms with Crippen LogP contribution in [-0.4, -0.2) is 61.0 Å². The minimum atomic E-state index is -0.430. The lowest BCUT2D eigenvalue weighted by atomic mass is 10.1. The Morgan fingerprint density at radius 3 is 2.64 bits per heavy atom. The number of nitrogens with one attached hydrogen (secondary N) is 1. The minimum Gasteiger partial charge on any atom is -0.404 e. The second-order valence-electron chi connectivity index (χ2n) is 7.58. The van der Waals surface area contributed by atoms with Crippen molar-refractivity contribution in [2.45, 2.75) is 6.92 Å². The van der Waals surface area contributed by atoms with Crippen molar-refractivity contribution in [1.82, 2.24) is 4.90 Å². The maximum Gasteiger partial charge on any atom is 0.258 e. The number of carbonyl (C=O) groups excluding carboxylic acids is 1. The van der Waals surface area contributed by atoms with Crippen molar-refractivity contribution in [2.24, 2.45) is 10.7 Å². The summed E-state index contributed by atoms with van der Waals surface area (Å²) in [6, 6.07) is 14.6. The molecule has 1 amide bonds. The topological polar surface area (TPSA) is 118 Å². The third-order valence-electron chi connectivity index (χ3n) is 5.45. The van der Waals surface area contributed by atoms with E-state index < -0.39 is 5.91 Å². The molecule has 1 saturated heterocycles. The Labute approximate surface area is 198 Å². The molecule has 1 aliphatic rings. The first kappa shape index (κ1) is 24.3. The summed E-state index contributed by atoms with van der Waals surface area (Å²) in [6.45, 7) is 5.63. The van der Waals surface area contributed by atoms with Crippen molar-refractivity contribution in [3.63, 3.8) is 0 Å². The van der Waals surface area contributed by atoms with Gasteiger partial charge in [-0.2, -0.15) is 5.26 Å². The molecule has 172 valence electrons. The Bertz CT molecular complexity index is 1100. The molecular formula is C24H27ClN6O2. The Morgan fingerprint density at radius 2 is 2.00 bits per heavy atom. The average molecular weight is 467 g/mol. The van der Waals surface area contributed by atoms with Gasteiger partial charge in [0.05, 0.1) is 39.9 Å². The molecule has 0 bridgehead atoms. The van der Waals surface area contributed by atoms with Gasteiger partial charge in [-0.1, -0.05) is 23.7 Å². The number of aliphatic imine (C=N–C) groups is 1. The number of nitriles is 1. The van der Waals surface area contributed by atoms with E-state index in [2.05, 4.69) is 26.2 Å². The third-order valence-corrected chi connectivity index (χ3v) is 5.77. The monoisotopic (exact) mass is 466 g/mol. The number of halogens is 1. The quantitative estimate of drug-likeness (QED) is 0.426. The standard InChI is InChI=1S/C24H27ClN6O2/c1-17(28-22-5-3-2-4-21(22)25)20(16-27)24(33)29-19-6-7-23(18(14-19)15-26)31-10-8-30(9-11-31)12-13-32/h2-7,14,16,32H,8-13,27H2,1H3,(H,29,33). The smallest absolute Gasteiger partial charge is 0.258 e. The predicted molar refractivity (Wildman–Crippen MR) is 132 cm³/mol. The first-order valence-electron chi connectivity index (χ1n) is 10.6. The molecule has 0 aliphatic carbocycles. The highest BCUT2D eigenvalue weighted by Crippen LogP contribution is 2.26. The number of para-hydroxylation sites is 1. The fraction of sp³-hybridized carbons (Fsp3) is 0.292. The van der Waals surface area contributed by atoms with E-state index in [4.69, 9.17) is 22.4 Å². The number of nitrogens with zero attached hydrogens (tertiary/aromatic N) is 4. The number of carbonyl (C=O) groups is 1. The lowest BCUT2D eigenvalue weighted by Gasteiger charge is -2.36. The second-order valence-corrected chi connectivity index (χ2v) is 7.99. The van der Waals surface area contributed by atoms with Gasteiger partial charge < -0.3 is 21.1 Å². The Kier molecular flexibility index (Phi) is 8.44. The van der Waals surface area contributed by atoms with Crippen LogP contribution in [0.5, 0.6) is 0 Å². The highest BCUT2D eigenvalue weighted by molar-refractivity contribution is 6.33. The van der Waals surface area contributed by atoms with Crippen LogP contribution in [0.4, 0.5) is 17.1 Å². The van der Waals surface area contributed by atoms with E-state index in [1.165, 1.54) is 6.20 Å². The van der Waals surface area contributed by atoms with E-state index in [1.807, 2.05) is 6.07 Å². The van der Waals surface area contributed by atoms with Crippen LogP contribution in [-0.2, 0) is 4.79 Å². The van der Waals surface area contributed by atoms with Gasteiger partial charge in [0.15, 0.2) is 0 Å². The summed E-state index contributed by atoms with van der Waals surface area (Å²) in [6.07, 6.45) is 1.20. The number of aliphatic hydroxyl groups excluding tert-OH is 1. The van der Waals surface area contributed by atoms with Crippen LogP contribution in [0, 0.1) is 11.3 Å². The van der Waals surface area contributed by atoms with Crippen molar-refractivity contribution in [2.75, 3.05) is 49.5 Å². The molecule has 9 heteroatoms. The van der Waals surface area contributed by atoms with Crippen molar-refractivity contribution in [1.29, 1.82) is 5.26 Å². The normalized spacial score (nSPS) is 15.3. The zero-order valence-corrected chi connectivity index (χ0v) is 19.2. The lowest BCUT2D eigenvalue weighted by molar-refractivity contribution is -0.112. The van der Waals surface area contributed by atoms with Crippen LogP contribution >= 0.6 is 11.6 Å². The van der Waals surface area contributed by atoms with Crippen molar-refractivity contribution in [3.05, 3.63) is 64.8 Å². The number of benzene rings is 2. The number of β-amino-alcohol motifs (C(OH)–C–C–N with tert-alkyl or cyclic N) is 1. The summed E-state index contributed by atoms with van der Waals surface area (Å²) in [5.74, 6) is -0.430. The van der Waals surface area contributed by atoms with Gasteiger partial charge in [-0.05, 0) is 37.3 Å². The summed E-state index contributed by atoms with van der Waals surface area (Å²) < 4.78 is 0. The molecular weight excluding hydrogens is 440 g/mol. The molecule has 8 nitrogen and oxygen atoms in total. The van der Waals surface area contributed by atoms with Gasteiger partial charge in [-0.15, -0.1) is 0 Å². The maximum absolute atomic E-state index is 12.9. The number of hydrogen-bond acceptors (Lipinski definition) is 7. The molecule has 0 unspecified atom stereocenters. The molecule has 2 aromatic rings. The molecule has 4 N–H and O–H groups in total. The number of aliphatic hydroxyl groups is 1. The van der Waals surface area contributed by atoms with Gasteiger partial charge in [-0.25, -0.2) is 0 Å². The van der Waals surface area contributed by atoms with Gasteiger partial charge in [0.1, 0.15) is 6.07 Å². The molecule has 0 spiro atoms. The minimum absolute atomic E-state index is 0.139. The summed E-state index contributed by atoms with van der Waals surface area (Å²) in [5.41, 5.74) is 8.67. The second kappa shape index (κ2) is 11.5. The summed E-state index contributed by atoms with van der Waals surface area (Å²) in [4.78, 5) is 21.6. The van der Waals surface area contributed by atoms with E-state index >= 15 is 0 Å². The maximum atomic E-state index is 12.9. The Balaban J connectivity index is 1.73. The Hall–Kier alpha value is -3.38. The molecule has 0 saturated carbocycles. The zero-order valence-electron chi connectivity index (χ0n) is 18.5. The van der Waals surface area contributed by atoms with E-state index in [-0.39, 0.29) is 12.2 Å². The fourth-order valence-electron chi connectivity index (χ4n) is 3.68. The molecule has 1 fully saturated rings. The zero-order chi connectivity index (χ0) is 23.8. The molecule has 3 rings (SSSR count). The summed E-state index contributed by atoms with van der Waals surface area (Å²) >= 11 is 6.15. The first-order valence-corrected chi connectivity index (χ1v) is 11.0. The van der Waals surface area contributed by atoms with Crippen molar-refractivity contribution < 1.29 is 9.90 Å². The van der Waals surface area contributed by atoms with Crippen molar-refractivity contribution in [3.8, 4) is 6.07 Å². The molecule has 0 radical (unpaired) electrons. The van der Waals surface area contributed by atoms with Gasteiger partial charge in [0, 0.05) is 44.6 Å². The fourth-order valence-corrected chi connectivity index (χ4v) is 3.85. The third kappa shape index (κ3) is 6.11. The van der Waals surface area contributed by atoms with E-state index in [9.17, 15) is 10.1 Å². The molecule has 0 atom stereocenters.